The largest absolute Gasteiger partial charge is 0.744 e. The summed E-state index contributed by atoms with van der Waals surface area (Å²) in [5.74, 6) is -1.40. The second-order valence-electron chi connectivity index (χ2n) is 16.3. The maximum absolute atomic E-state index is 12.4. The molecular formula is C45H64N2O16S3. The third kappa shape index (κ3) is 15.3. The molecule has 2 atom stereocenters. The van der Waals surface area contributed by atoms with Gasteiger partial charge >= 0.3 is 5.97 Å². The van der Waals surface area contributed by atoms with Gasteiger partial charge in [-0.3, -0.25) is 13.9 Å². The number of fused-ring (bicyclic) bond motifs is 2. The summed E-state index contributed by atoms with van der Waals surface area (Å²) >= 11 is 0. The van der Waals surface area contributed by atoms with Gasteiger partial charge in [0.2, 0.25) is 5.69 Å². The van der Waals surface area contributed by atoms with Crippen LogP contribution in [0.1, 0.15) is 76.8 Å². The van der Waals surface area contributed by atoms with Crippen LogP contribution in [0.4, 0.5) is 11.4 Å². The first-order chi connectivity index (χ1) is 31.2. The number of nitrogens with zero attached hydrogens (tertiary/aromatic N) is 2. The molecule has 0 fully saturated rings. The number of carboxylic acids is 1. The minimum Gasteiger partial charge on any atom is -0.744 e. The van der Waals surface area contributed by atoms with E-state index in [4.69, 9.17) is 23.7 Å². The molecule has 0 aromatic heterocycles. The average molecular weight is 985 g/mol. The van der Waals surface area contributed by atoms with Gasteiger partial charge in [0.1, 0.15) is 16.7 Å². The van der Waals surface area contributed by atoms with Crippen molar-refractivity contribution in [2.75, 3.05) is 90.3 Å². The summed E-state index contributed by atoms with van der Waals surface area (Å²) in [4.78, 5) is 12.5. The molecule has 368 valence electrons. The van der Waals surface area contributed by atoms with Crippen LogP contribution >= 0.6 is 0 Å². The number of aliphatic carboxylic acids is 1. The highest BCUT2D eigenvalue weighted by molar-refractivity contribution is 7.86. The number of hydrogen-bond acceptors (Lipinski definition) is 14. The van der Waals surface area contributed by atoms with E-state index in [1.165, 1.54) is 24.3 Å². The molecule has 0 saturated heterocycles. The summed E-state index contributed by atoms with van der Waals surface area (Å²) in [6.07, 6.45) is 11.5. The van der Waals surface area contributed by atoms with Crippen LogP contribution in [-0.4, -0.2) is 146 Å². The lowest BCUT2D eigenvalue weighted by Crippen LogP contribution is -2.33. The van der Waals surface area contributed by atoms with Gasteiger partial charge in [-0.15, -0.1) is 0 Å². The predicted molar refractivity (Wildman–Crippen MR) is 246 cm³/mol. The zero-order valence-corrected chi connectivity index (χ0v) is 40.5. The van der Waals surface area contributed by atoms with Crippen LogP contribution in [0.25, 0.3) is 0 Å². The van der Waals surface area contributed by atoms with Gasteiger partial charge in [-0.05, 0) is 94.8 Å². The summed E-state index contributed by atoms with van der Waals surface area (Å²) in [7, 11) is -12.1. The summed E-state index contributed by atoms with van der Waals surface area (Å²) in [5, 5.41) is 9.20. The predicted octanol–water partition coefficient (Wildman–Crippen LogP) is 5.40. The summed E-state index contributed by atoms with van der Waals surface area (Å²) in [5.41, 5.74) is 2.29. The Kier molecular flexibility index (Phi) is 20.7. The lowest BCUT2D eigenvalue weighted by molar-refractivity contribution is -0.438. The second-order valence-corrected chi connectivity index (χ2v) is 20.7. The van der Waals surface area contributed by atoms with Gasteiger partial charge in [0.05, 0.1) is 73.8 Å². The fourth-order valence-corrected chi connectivity index (χ4v) is 9.87. The standard InChI is InChI=1S/C45H64N2O16S3/c1-5-46-39-18-16-35(65(53,54)55)33-37(39)44(2,20-12-32-64(50,51)52)41(46)13-8-6-9-14-42-45(3,21-23-60-26-27-62-30-31-63-29-28-61-25-24-59-4)38-34-36(66(56,57)58)17-19-40(38)47(42)22-11-7-10-15-43(48)49/h6,8-9,13-14,16-19,33-34H,5,7,10-12,15,20-32H2,1-4H3,(H3-,48,49,50,51,52,53,54,55,56,57,58). The van der Waals surface area contributed by atoms with E-state index in [1.54, 1.807) is 31.4 Å². The quantitative estimate of drug-likeness (QED) is 0.0370. The van der Waals surface area contributed by atoms with E-state index in [9.17, 15) is 48.8 Å². The molecule has 2 aromatic rings. The molecule has 2 aliphatic heterocycles. The maximum atomic E-state index is 12.4. The fourth-order valence-electron chi connectivity index (χ4n) is 8.36. The van der Waals surface area contributed by atoms with E-state index in [0.29, 0.717) is 108 Å². The molecular weight excluding hydrogens is 921 g/mol. The first-order valence-electron chi connectivity index (χ1n) is 21.8. The van der Waals surface area contributed by atoms with E-state index in [1.807, 2.05) is 43.9 Å². The zero-order chi connectivity index (χ0) is 48.6. The van der Waals surface area contributed by atoms with Gasteiger partial charge in [-0.2, -0.15) is 21.4 Å². The van der Waals surface area contributed by atoms with Crippen LogP contribution < -0.4 is 4.90 Å². The number of unbranched alkanes of at least 4 members (excludes halogenated alkanes) is 2. The van der Waals surface area contributed by atoms with Gasteiger partial charge in [0, 0.05) is 67.6 Å². The highest BCUT2D eigenvalue weighted by Gasteiger charge is 2.48. The highest BCUT2D eigenvalue weighted by atomic mass is 32.2. The molecule has 4 rings (SSSR count). The van der Waals surface area contributed by atoms with Crippen molar-refractivity contribution >= 4 is 53.4 Å². The van der Waals surface area contributed by atoms with Gasteiger partial charge in [0.15, 0.2) is 5.71 Å². The Morgan fingerprint density at radius 2 is 1.35 bits per heavy atom. The average Bonchev–Trinajstić information content (AvgIpc) is 3.61. The first-order valence-corrected chi connectivity index (χ1v) is 26.3. The zero-order valence-electron chi connectivity index (χ0n) is 38.1. The smallest absolute Gasteiger partial charge is 0.303 e. The molecule has 0 bridgehead atoms. The molecule has 0 spiro atoms. The topological polar surface area (TPSA) is 256 Å². The molecule has 2 unspecified atom stereocenters. The van der Waals surface area contributed by atoms with Crippen LogP contribution in [0.3, 0.4) is 0 Å². The van der Waals surface area contributed by atoms with Crippen molar-refractivity contribution in [2.45, 2.75) is 86.3 Å². The molecule has 0 saturated carbocycles. The van der Waals surface area contributed by atoms with Crippen LogP contribution in [0.15, 0.2) is 82.3 Å². The lowest BCUT2D eigenvalue weighted by atomic mass is 9.76. The van der Waals surface area contributed by atoms with E-state index in [-0.39, 0.29) is 37.4 Å². The van der Waals surface area contributed by atoms with Crippen molar-refractivity contribution < 1.29 is 77.1 Å². The number of hydrogen-bond donors (Lipinski definition) is 3. The molecule has 66 heavy (non-hydrogen) atoms. The monoisotopic (exact) mass is 984 g/mol. The number of allylic oxidation sites excluding steroid dienone is 6. The van der Waals surface area contributed by atoms with Crippen molar-refractivity contribution in [2.24, 2.45) is 0 Å². The van der Waals surface area contributed by atoms with Gasteiger partial charge in [0.25, 0.3) is 20.2 Å². The SMILES string of the molecule is CCN1/C(=C/C=C/C=C/C2=[N+](CCCCCC(=O)O)c3ccc(S(=O)(=O)O)cc3C2(C)CCOCCOCCOCCOCCOC)C(C)(CCCS(=O)(=O)O)c2cc(S(=O)(=O)[O-])ccc21. The second kappa shape index (κ2) is 24.9. The Labute approximate surface area is 389 Å². The molecule has 0 aliphatic carbocycles. The van der Waals surface area contributed by atoms with Crippen LogP contribution in [0.2, 0.25) is 0 Å². The number of ether oxygens (including phenoxy) is 5. The fraction of sp³-hybridized carbons (Fsp3) is 0.556. The lowest BCUT2D eigenvalue weighted by Gasteiger charge is -2.30. The Morgan fingerprint density at radius 3 is 1.92 bits per heavy atom. The molecule has 2 aromatic carbocycles. The van der Waals surface area contributed by atoms with E-state index >= 15 is 0 Å². The third-order valence-corrected chi connectivity index (χ3v) is 14.2. The Balaban J connectivity index is 1.63. The number of carboxylic acid groups (broad SMARTS) is 1. The molecule has 3 N–H and O–H groups in total. The highest BCUT2D eigenvalue weighted by Crippen LogP contribution is 2.51. The van der Waals surface area contributed by atoms with Crippen molar-refractivity contribution in [1.82, 2.24) is 0 Å². The third-order valence-electron chi connectivity index (χ3n) is 11.7. The van der Waals surface area contributed by atoms with Crippen LogP contribution in [0.5, 0.6) is 0 Å². The Bertz CT molecular complexity index is 2430. The summed E-state index contributed by atoms with van der Waals surface area (Å²) in [6.45, 7) is 10.1. The number of likely N-dealkylation sites (N-methyl/N-ethyl adjacent to an activating group) is 1. The molecule has 21 heteroatoms. The van der Waals surface area contributed by atoms with Crippen LogP contribution in [0, 0.1) is 0 Å². The van der Waals surface area contributed by atoms with E-state index in [2.05, 4.69) is 4.58 Å². The summed E-state index contributed by atoms with van der Waals surface area (Å²) < 4.78 is 133. The minimum atomic E-state index is -4.81. The van der Waals surface area contributed by atoms with E-state index in [0.717, 1.165) is 11.4 Å². The normalized spacial score (nSPS) is 19.5. The number of rotatable bonds is 31. The molecule has 18 nitrogen and oxygen atoms in total. The number of carbonyl (C=O) groups is 1. The number of anilines is 1. The van der Waals surface area contributed by atoms with Crippen molar-refractivity contribution in [3.8, 4) is 0 Å². The van der Waals surface area contributed by atoms with Gasteiger partial charge in [-0.1, -0.05) is 18.2 Å². The number of benzene rings is 2. The molecule has 2 heterocycles. The first kappa shape index (κ1) is 54.7. The van der Waals surface area contributed by atoms with E-state index < -0.39 is 57.8 Å². The van der Waals surface area contributed by atoms with Crippen molar-refractivity contribution in [1.29, 1.82) is 0 Å². The van der Waals surface area contributed by atoms with Crippen molar-refractivity contribution in [3.05, 3.63) is 83.6 Å². The Hall–Kier alpha value is -3.87. The molecule has 0 radical (unpaired) electrons. The Morgan fingerprint density at radius 1 is 0.742 bits per heavy atom. The maximum Gasteiger partial charge on any atom is 0.303 e. The van der Waals surface area contributed by atoms with Gasteiger partial charge in [-0.25, -0.2) is 8.42 Å². The number of methoxy groups -OCH3 is 1. The van der Waals surface area contributed by atoms with Gasteiger partial charge < -0.3 is 38.2 Å². The van der Waals surface area contributed by atoms with Crippen molar-refractivity contribution in [3.63, 3.8) is 0 Å². The minimum absolute atomic E-state index is 0.0280. The summed E-state index contributed by atoms with van der Waals surface area (Å²) in [6, 6.07) is 8.60. The van der Waals surface area contributed by atoms with Crippen LogP contribution in [-0.2, 0) is 69.7 Å². The molecule has 0 amide bonds. The molecule has 2 aliphatic rings.